The fourth-order valence-corrected chi connectivity index (χ4v) is 3.77. The Morgan fingerprint density at radius 1 is 0.880 bits per heavy atom. The number of hydrogen-bond donors (Lipinski definition) is 2. The number of nitrogens with one attached hydrogen (secondary N) is 1. The molecule has 0 spiro atoms. The van der Waals surface area contributed by atoms with E-state index in [-0.39, 0.29) is 0 Å². The van der Waals surface area contributed by atoms with Crippen LogP contribution in [0.25, 0.3) is 0 Å². The minimum absolute atomic E-state index is 0.516. The van der Waals surface area contributed by atoms with Crippen molar-refractivity contribution in [3.63, 3.8) is 0 Å². The van der Waals surface area contributed by atoms with Gasteiger partial charge in [0.1, 0.15) is 0 Å². The Morgan fingerprint density at radius 2 is 1.48 bits per heavy atom. The Bertz CT molecular complexity index is 304. The van der Waals surface area contributed by atoms with Crippen LogP contribution in [0.5, 0.6) is 0 Å². The van der Waals surface area contributed by atoms with Gasteiger partial charge in [0, 0.05) is 26.2 Å². The lowest BCUT2D eigenvalue weighted by Crippen LogP contribution is -2.38. The number of nitrogens with zero attached hydrogens (tertiary/aromatic N) is 1. The van der Waals surface area contributed by atoms with Gasteiger partial charge in [0.2, 0.25) is 0 Å². The molecular weight excluding hydrogens is 306 g/mol. The molecule has 1 atom stereocenters. The third-order valence-electron chi connectivity index (χ3n) is 5.39. The second-order valence-corrected chi connectivity index (χ2v) is 7.68. The highest BCUT2D eigenvalue weighted by atomic mass is 15.3. The van der Waals surface area contributed by atoms with Crippen LogP contribution in [-0.4, -0.2) is 37.2 Å². The lowest BCUT2D eigenvalue weighted by molar-refractivity contribution is 0.249. The fourth-order valence-electron chi connectivity index (χ4n) is 3.77. The molecule has 1 aliphatic heterocycles. The van der Waals surface area contributed by atoms with E-state index in [9.17, 15) is 0 Å². The molecule has 0 saturated carbocycles. The van der Waals surface area contributed by atoms with Crippen molar-refractivity contribution >= 4 is 0 Å². The second kappa shape index (κ2) is 17.1. The molecular formula is C22H45N3. The van der Waals surface area contributed by atoms with Crippen LogP contribution in [0.2, 0.25) is 0 Å². The summed E-state index contributed by atoms with van der Waals surface area (Å²) in [4.78, 5) is 2.47. The van der Waals surface area contributed by atoms with Gasteiger partial charge in [0.05, 0.1) is 6.17 Å². The van der Waals surface area contributed by atoms with Gasteiger partial charge in [-0.05, 0) is 19.3 Å². The van der Waals surface area contributed by atoms with Crippen LogP contribution in [0.4, 0.5) is 0 Å². The average Bonchev–Trinajstić information content (AvgIpc) is 3.06. The van der Waals surface area contributed by atoms with Crippen LogP contribution >= 0.6 is 0 Å². The predicted octanol–water partition coefficient (Wildman–Crippen LogP) is 5.21. The Hall–Kier alpha value is -0.380. The summed E-state index contributed by atoms with van der Waals surface area (Å²) in [6, 6.07) is 0. The summed E-state index contributed by atoms with van der Waals surface area (Å²) in [7, 11) is 0. The molecule has 148 valence electrons. The lowest BCUT2D eigenvalue weighted by Gasteiger charge is -2.21. The maximum Gasteiger partial charge on any atom is 0.0633 e. The van der Waals surface area contributed by atoms with Gasteiger partial charge in [0.25, 0.3) is 0 Å². The molecule has 1 saturated heterocycles. The van der Waals surface area contributed by atoms with Crippen LogP contribution in [0.15, 0.2) is 12.2 Å². The zero-order valence-electron chi connectivity index (χ0n) is 17.0. The molecule has 1 fully saturated rings. The SMILES string of the molecule is CCCCCCCCCCCCCCC=CCC1NCCN1CCN. The van der Waals surface area contributed by atoms with Crippen LogP contribution < -0.4 is 11.1 Å². The standard InChI is InChI=1S/C22H45N3/c1-2-3-4-5-6-7-8-9-10-11-12-13-14-15-16-17-22-24-19-21-25(22)20-18-23/h15-16,22,24H,2-14,17-21,23H2,1H3. The van der Waals surface area contributed by atoms with E-state index >= 15 is 0 Å². The molecule has 1 unspecified atom stereocenters. The van der Waals surface area contributed by atoms with Crippen molar-refractivity contribution in [2.24, 2.45) is 5.73 Å². The van der Waals surface area contributed by atoms with Gasteiger partial charge in [-0.25, -0.2) is 0 Å². The molecule has 0 aromatic heterocycles. The number of nitrogens with two attached hydrogens (primary N) is 1. The quantitative estimate of drug-likeness (QED) is 0.279. The summed E-state index contributed by atoms with van der Waals surface area (Å²) < 4.78 is 0. The molecule has 0 aliphatic carbocycles. The minimum atomic E-state index is 0.516. The van der Waals surface area contributed by atoms with Crippen LogP contribution in [0, 0.1) is 0 Å². The zero-order chi connectivity index (χ0) is 18.0. The van der Waals surface area contributed by atoms with Gasteiger partial charge in [0.15, 0.2) is 0 Å². The van der Waals surface area contributed by atoms with Crippen LogP contribution in [0.1, 0.15) is 96.8 Å². The zero-order valence-corrected chi connectivity index (χ0v) is 17.0. The predicted molar refractivity (Wildman–Crippen MR) is 112 cm³/mol. The van der Waals surface area contributed by atoms with E-state index in [0.29, 0.717) is 6.17 Å². The average molecular weight is 352 g/mol. The normalized spacial score (nSPS) is 18.6. The Labute approximate surface area is 157 Å². The highest BCUT2D eigenvalue weighted by molar-refractivity contribution is 4.89. The van der Waals surface area contributed by atoms with Crippen molar-refractivity contribution in [2.75, 3.05) is 26.2 Å². The maximum atomic E-state index is 5.67. The van der Waals surface area contributed by atoms with Gasteiger partial charge in [-0.2, -0.15) is 0 Å². The molecule has 0 amide bonds. The number of unbranched alkanes of at least 4 members (excludes halogenated alkanes) is 12. The first-order chi connectivity index (χ1) is 12.4. The highest BCUT2D eigenvalue weighted by Gasteiger charge is 2.21. The van der Waals surface area contributed by atoms with Crippen molar-refractivity contribution in [2.45, 2.75) is 103 Å². The summed E-state index contributed by atoms with van der Waals surface area (Å²) in [6.45, 7) is 6.33. The van der Waals surface area contributed by atoms with E-state index in [4.69, 9.17) is 5.73 Å². The fraction of sp³-hybridized carbons (Fsp3) is 0.909. The molecule has 0 bridgehead atoms. The summed E-state index contributed by atoms with van der Waals surface area (Å²) in [5.74, 6) is 0. The third kappa shape index (κ3) is 12.6. The van der Waals surface area contributed by atoms with E-state index in [1.165, 1.54) is 83.5 Å². The van der Waals surface area contributed by atoms with Gasteiger partial charge in [-0.15, -0.1) is 0 Å². The van der Waals surface area contributed by atoms with Crippen LogP contribution in [-0.2, 0) is 0 Å². The van der Waals surface area contributed by atoms with Gasteiger partial charge in [-0.1, -0.05) is 89.7 Å². The molecule has 0 aromatic carbocycles. The first-order valence-corrected chi connectivity index (χ1v) is 11.2. The van der Waals surface area contributed by atoms with Crippen molar-refractivity contribution in [1.29, 1.82) is 0 Å². The van der Waals surface area contributed by atoms with Gasteiger partial charge >= 0.3 is 0 Å². The molecule has 1 aliphatic rings. The van der Waals surface area contributed by atoms with Crippen molar-refractivity contribution in [1.82, 2.24) is 10.2 Å². The first-order valence-electron chi connectivity index (χ1n) is 11.2. The Morgan fingerprint density at radius 3 is 2.08 bits per heavy atom. The van der Waals surface area contributed by atoms with E-state index in [1.807, 2.05) is 0 Å². The Kier molecular flexibility index (Phi) is 15.5. The van der Waals surface area contributed by atoms with Crippen molar-refractivity contribution in [3.05, 3.63) is 12.2 Å². The largest absolute Gasteiger partial charge is 0.329 e. The topological polar surface area (TPSA) is 41.3 Å². The monoisotopic (exact) mass is 351 g/mol. The summed E-state index contributed by atoms with van der Waals surface area (Å²) >= 11 is 0. The van der Waals surface area contributed by atoms with E-state index in [2.05, 4.69) is 29.3 Å². The first kappa shape index (κ1) is 22.7. The number of rotatable bonds is 17. The highest BCUT2D eigenvalue weighted by Crippen LogP contribution is 2.13. The molecule has 3 nitrogen and oxygen atoms in total. The summed E-state index contributed by atoms with van der Waals surface area (Å²) in [6.07, 6.45) is 24.8. The van der Waals surface area contributed by atoms with E-state index in [0.717, 1.165) is 32.6 Å². The molecule has 0 aromatic rings. The molecule has 0 radical (unpaired) electrons. The number of hydrogen-bond acceptors (Lipinski definition) is 3. The second-order valence-electron chi connectivity index (χ2n) is 7.68. The third-order valence-corrected chi connectivity index (χ3v) is 5.39. The maximum absolute atomic E-state index is 5.67. The smallest absolute Gasteiger partial charge is 0.0633 e. The number of allylic oxidation sites excluding steroid dienone is 1. The van der Waals surface area contributed by atoms with Gasteiger partial charge in [-0.3, -0.25) is 4.90 Å². The summed E-state index contributed by atoms with van der Waals surface area (Å²) in [5, 5.41) is 3.56. The van der Waals surface area contributed by atoms with Crippen molar-refractivity contribution < 1.29 is 0 Å². The summed E-state index contributed by atoms with van der Waals surface area (Å²) in [5.41, 5.74) is 5.67. The van der Waals surface area contributed by atoms with E-state index in [1.54, 1.807) is 0 Å². The van der Waals surface area contributed by atoms with E-state index < -0.39 is 0 Å². The van der Waals surface area contributed by atoms with Gasteiger partial charge < -0.3 is 11.1 Å². The molecule has 1 heterocycles. The lowest BCUT2D eigenvalue weighted by atomic mass is 10.0. The van der Waals surface area contributed by atoms with Crippen molar-refractivity contribution in [3.8, 4) is 0 Å². The molecule has 25 heavy (non-hydrogen) atoms. The molecule has 3 N–H and O–H groups in total. The molecule has 1 rings (SSSR count). The Balaban J connectivity index is 1.81. The minimum Gasteiger partial charge on any atom is -0.329 e. The van der Waals surface area contributed by atoms with Crippen LogP contribution in [0.3, 0.4) is 0 Å². The molecule has 3 heteroatoms.